The van der Waals surface area contributed by atoms with Gasteiger partial charge in [0.2, 0.25) is 0 Å². The summed E-state index contributed by atoms with van der Waals surface area (Å²) in [6.45, 7) is 7.98. The standard InChI is InChI=1S/C27H37NO5/c1-21(29)31-20-10-9-11-22-14-16-24(17-15-22)32-25(23-12-7-6-8-13-23)18-19-28(5)26(30)33-27(2,3)4/h6-8,12-17,25H,9-11,18-20H2,1-5H3. The number of benzene rings is 2. The fourth-order valence-corrected chi connectivity index (χ4v) is 3.25. The first-order valence-corrected chi connectivity index (χ1v) is 11.5. The Balaban J connectivity index is 1.94. The van der Waals surface area contributed by atoms with Crippen LogP contribution in [-0.2, 0) is 20.7 Å². The second-order valence-electron chi connectivity index (χ2n) is 9.15. The van der Waals surface area contributed by atoms with Crippen LogP contribution in [0.4, 0.5) is 4.79 Å². The summed E-state index contributed by atoms with van der Waals surface area (Å²) in [6.07, 6.45) is 2.83. The highest BCUT2D eigenvalue weighted by Gasteiger charge is 2.21. The largest absolute Gasteiger partial charge is 0.486 e. The van der Waals surface area contributed by atoms with Gasteiger partial charge in [-0.05, 0) is 63.3 Å². The van der Waals surface area contributed by atoms with Crippen molar-refractivity contribution in [3.8, 4) is 5.75 Å². The minimum absolute atomic E-state index is 0.189. The SMILES string of the molecule is CC(=O)OCCCCc1ccc(OC(CCN(C)C(=O)OC(C)(C)C)c2ccccc2)cc1. The molecule has 2 rings (SSSR count). The Morgan fingerprint density at radius 2 is 1.64 bits per heavy atom. The van der Waals surface area contributed by atoms with Crippen LogP contribution in [0.5, 0.6) is 5.75 Å². The maximum atomic E-state index is 12.3. The van der Waals surface area contributed by atoms with E-state index in [4.69, 9.17) is 14.2 Å². The van der Waals surface area contributed by atoms with E-state index in [0.29, 0.717) is 19.6 Å². The molecule has 0 heterocycles. The maximum Gasteiger partial charge on any atom is 0.410 e. The molecule has 0 saturated heterocycles. The van der Waals surface area contributed by atoms with Gasteiger partial charge in [0.15, 0.2) is 0 Å². The number of hydrogen-bond acceptors (Lipinski definition) is 5. The van der Waals surface area contributed by atoms with Crippen LogP contribution in [0.25, 0.3) is 0 Å². The van der Waals surface area contributed by atoms with Gasteiger partial charge in [-0.3, -0.25) is 4.79 Å². The molecule has 0 aromatic heterocycles. The van der Waals surface area contributed by atoms with E-state index in [1.807, 2.05) is 63.2 Å². The van der Waals surface area contributed by atoms with Crippen molar-refractivity contribution < 1.29 is 23.8 Å². The van der Waals surface area contributed by atoms with Gasteiger partial charge in [0.1, 0.15) is 17.5 Å². The summed E-state index contributed by atoms with van der Waals surface area (Å²) in [4.78, 5) is 24.7. The fourth-order valence-electron chi connectivity index (χ4n) is 3.25. The van der Waals surface area contributed by atoms with Gasteiger partial charge in [-0.15, -0.1) is 0 Å². The van der Waals surface area contributed by atoms with Crippen molar-refractivity contribution in [1.29, 1.82) is 0 Å². The first-order valence-electron chi connectivity index (χ1n) is 11.5. The van der Waals surface area contributed by atoms with Crippen LogP contribution >= 0.6 is 0 Å². The van der Waals surface area contributed by atoms with E-state index in [1.54, 1.807) is 11.9 Å². The summed E-state index contributed by atoms with van der Waals surface area (Å²) in [5.41, 5.74) is 1.75. The van der Waals surface area contributed by atoms with Crippen LogP contribution in [0.3, 0.4) is 0 Å². The molecule has 0 aliphatic rings. The number of amides is 1. The van der Waals surface area contributed by atoms with Crippen molar-refractivity contribution in [2.24, 2.45) is 0 Å². The highest BCUT2D eigenvalue weighted by molar-refractivity contribution is 5.67. The van der Waals surface area contributed by atoms with Gasteiger partial charge < -0.3 is 19.1 Å². The van der Waals surface area contributed by atoms with Crippen molar-refractivity contribution in [3.05, 3.63) is 65.7 Å². The summed E-state index contributed by atoms with van der Waals surface area (Å²) in [7, 11) is 1.74. The average Bonchev–Trinajstić information content (AvgIpc) is 2.76. The van der Waals surface area contributed by atoms with Gasteiger partial charge >= 0.3 is 12.1 Å². The molecule has 1 unspecified atom stereocenters. The molecule has 0 bridgehead atoms. The number of ether oxygens (including phenoxy) is 3. The Hall–Kier alpha value is -3.02. The topological polar surface area (TPSA) is 65.1 Å². The van der Waals surface area contributed by atoms with Gasteiger partial charge in [0.25, 0.3) is 0 Å². The third-order valence-corrected chi connectivity index (χ3v) is 4.97. The van der Waals surface area contributed by atoms with Crippen LogP contribution in [-0.4, -0.2) is 42.8 Å². The first-order chi connectivity index (χ1) is 15.6. The summed E-state index contributed by atoms with van der Waals surface area (Å²) in [5.74, 6) is 0.550. The summed E-state index contributed by atoms with van der Waals surface area (Å²) >= 11 is 0. The van der Waals surface area contributed by atoms with Crippen molar-refractivity contribution >= 4 is 12.1 Å². The quantitative estimate of drug-likeness (QED) is 0.309. The molecular formula is C27H37NO5. The predicted octanol–water partition coefficient (Wildman–Crippen LogP) is 5.95. The molecule has 0 aliphatic heterocycles. The highest BCUT2D eigenvalue weighted by Crippen LogP contribution is 2.26. The number of nitrogens with zero attached hydrogens (tertiary/aromatic N) is 1. The lowest BCUT2D eigenvalue weighted by atomic mass is 10.1. The monoisotopic (exact) mass is 455 g/mol. The molecule has 180 valence electrons. The Morgan fingerprint density at radius 1 is 0.970 bits per heavy atom. The van der Waals surface area contributed by atoms with E-state index in [0.717, 1.165) is 30.6 Å². The number of carbonyl (C=O) groups is 2. The molecule has 0 saturated carbocycles. The number of unbranched alkanes of at least 4 members (excludes halogenated alkanes) is 1. The van der Waals surface area contributed by atoms with E-state index in [1.165, 1.54) is 12.5 Å². The molecule has 0 radical (unpaired) electrons. The Kier molecular flexibility index (Phi) is 10.2. The number of rotatable bonds is 11. The molecule has 1 amide bonds. The zero-order valence-electron chi connectivity index (χ0n) is 20.5. The molecule has 2 aromatic carbocycles. The second-order valence-corrected chi connectivity index (χ2v) is 9.15. The fraction of sp³-hybridized carbons (Fsp3) is 0.481. The zero-order valence-corrected chi connectivity index (χ0v) is 20.5. The number of esters is 1. The molecule has 0 spiro atoms. The molecule has 0 N–H and O–H groups in total. The van der Waals surface area contributed by atoms with E-state index in [9.17, 15) is 9.59 Å². The molecule has 6 nitrogen and oxygen atoms in total. The van der Waals surface area contributed by atoms with Gasteiger partial charge in [0, 0.05) is 26.9 Å². The van der Waals surface area contributed by atoms with Gasteiger partial charge in [-0.1, -0.05) is 42.5 Å². The van der Waals surface area contributed by atoms with Crippen LogP contribution in [0.1, 0.15) is 64.2 Å². The molecule has 0 fully saturated rings. The maximum absolute atomic E-state index is 12.3. The molecule has 6 heteroatoms. The lowest BCUT2D eigenvalue weighted by Gasteiger charge is -2.26. The Bertz CT molecular complexity index is 858. The van der Waals surface area contributed by atoms with E-state index < -0.39 is 5.60 Å². The third-order valence-electron chi connectivity index (χ3n) is 4.97. The second kappa shape index (κ2) is 12.9. The minimum atomic E-state index is -0.525. The summed E-state index contributed by atoms with van der Waals surface area (Å²) < 4.78 is 16.7. The van der Waals surface area contributed by atoms with Crippen LogP contribution < -0.4 is 4.74 Å². The predicted molar refractivity (Wildman–Crippen MR) is 129 cm³/mol. The molecule has 0 aliphatic carbocycles. The number of hydrogen-bond donors (Lipinski definition) is 0. The minimum Gasteiger partial charge on any atom is -0.486 e. The third kappa shape index (κ3) is 10.4. The van der Waals surface area contributed by atoms with Gasteiger partial charge in [0.05, 0.1) is 6.61 Å². The summed E-state index contributed by atoms with van der Waals surface area (Å²) in [6, 6.07) is 18.1. The zero-order chi connectivity index (χ0) is 24.3. The average molecular weight is 456 g/mol. The molecule has 33 heavy (non-hydrogen) atoms. The molecule has 2 aromatic rings. The smallest absolute Gasteiger partial charge is 0.410 e. The lowest BCUT2D eigenvalue weighted by molar-refractivity contribution is -0.141. The molecular weight excluding hydrogens is 418 g/mol. The number of aryl methyl sites for hydroxylation is 1. The first kappa shape index (κ1) is 26.2. The number of carbonyl (C=O) groups excluding carboxylic acids is 2. The highest BCUT2D eigenvalue weighted by atomic mass is 16.6. The Morgan fingerprint density at radius 3 is 2.24 bits per heavy atom. The van der Waals surface area contributed by atoms with E-state index >= 15 is 0 Å². The normalized spacial score (nSPS) is 12.0. The van der Waals surface area contributed by atoms with E-state index in [-0.39, 0.29) is 18.2 Å². The van der Waals surface area contributed by atoms with Crippen LogP contribution in [0.2, 0.25) is 0 Å². The molecule has 1 atom stereocenters. The van der Waals surface area contributed by atoms with E-state index in [2.05, 4.69) is 12.1 Å². The van der Waals surface area contributed by atoms with Gasteiger partial charge in [-0.2, -0.15) is 0 Å². The van der Waals surface area contributed by atoms with Crippen molar-refractivity contribution in [2.75, 3.05) is 20.2 Å². The summed E-state index contributed by atoms with van der Waals surface area (Å²) in [5, 5.41) is 0. The van der Waals surface area contributed by atoms with Crippen molar-refractivity contribution in [3.63, 3.8) is 0 Å². The van der Waals surface area contributed by atoms with Crippen molar-refractivity contribution in [1.82, 2.24) is 4.90 Å². The van der Waals surface area contributed by atoms with Gasteiger partial charge in [-0.25, -0.2) is 4.79 Å². The Labute approximate surface area is 197 Å². The van der Waals surface area contributed by atoms with Crippen molar-refractivity contribution in [2.45, 2.75) is 65.1 Å². The van der Waals surface area contributed by atoms with Crippen LogP contribution in [0.15, 0.2) is 54.6 Å². The lowest BCUT2D eigenvalue weighted by Crippen LogP contribution is -2.35. The van der Waals surface area contributed by atoms with Crippen LogP contribution in [0, 0.1) is 0 Å².